The molecule has 0 bridgehead atoms. The quantitative estimate of drug-likeness (QED) is 0.173. The molecule has 0 radical (unpaired) electrons. The Kier molecular flexibility index (Phi) is 7.52. The lowest BCUT2D eigenvalue weighted by atomic mass is 9.54. The molecule has 284 valence electrons. The van der Waals surface area contributed by atoms with E-state index in [2.05, 4.69) is 225 Å². The largest absolute Gasteiger partial charge is 0.454 e. The Balaban J connectivity index is 1.09. The SMILES string of the molecule is CC1(C)c2ccccc2C2(c3ccccc3-c3ccccc32)c2cccc(-c3cccc(N(c4ccc(-c5ccccc5)cc4)c4cccc5c4oc4ccccc45)c3)c21. The molecule has 1 aromatic heterocycles. The fourth-order valence-corrected chi connectivity index (χ4v) is 10.8. The van der Waals surface area contributed by atoms with Gasteiger partial charge in [0.05, 0.1) is 11.1 Å². The van der Waals surface area contributed by atoms with Crippen LogP contribution in [0.5, 0.6) is 0 Å². The molecule has 0 saturated heterocycles. The summed E-state index contributed by atoms with van der Waals surface area (Å²) in [5, 5.41) is 2.22. The lowest BCUT2D eigenvalue weighted by Gasteiger charge is -2.47. The Morgan fingerprint density at radius 3 is 1.70 bits per heavy atom. The molecular formula is C58H41NO. The monoisotopic (exact) mass is 767 g/mol. The number of anilines is 3. The second-order valence-corrected chi connectivity index (χ2v) is 16.8. The van der Waals surface area contributed by atoms with Crippen molar-refractivity contribution < 1.29 is 4.42 Å². The molecule has 1 heterocycles. The zero-order chi connectivity index (χ0) is 40.0. The van der Waals surface area contributed by atoms with Crippen molar-refractivity contribution >= 4 is 39.0 Å². The topological polar surface area (TPSA) is 16.4 Å². The highest BCUT2D eigenvalue weighted by molar-refractivity contribution is 6.10. The van der Waals surface area contributed by atoms with Gasteiger partial charge in [-0.05, 0) is 103 Å². The Morgan fingerprint density at radius 1 is 0.383 bits per heavy atom. The normalized spacial score (nSPS) is 14.1. The van der Waals surface area contributed by atoms with Crippen molar-refractivity contribution in [2.45, 2.75) is 24.7 Å². The van der Waals surface area contributed by atoms with Gasteiger partial charge in [-0.15, -0.1) is 0 Å². The van der Waals surface area contributed by atoms with Crippen LogP contribution in [-0.4, -0.2) is 0 Å². The van der Waals surface area contributed by atoms with E-state index in [-0.39, 0.29) is 5.41 Å². The predicted molar refractivity (Wildman–Crippen MR) is 249 cm³/mol. The molecule has 0 amide bonds. The highest BCUT2D eigenvalue weighted by Crippen LogP contribution is 2.63. The van der Waals surface area contributed by atoms with E-state index >= 15 is 0 Å². The Morgan fingerprint density at radius 2 is 0.933 bits per heavy atom. The first-order valence-corrected chi connectivity index (χ1v) is 20.9. The summed E-state index contributed by atoms with van der Waals surface area (Å²) in [6.45, 7) is 4.83. The molecule has 10 aromatic rings. The first-order chi connectivity index (χ1) is 29.5. The first kappa shape index (κ1) is 34.6. The average molecular weight is 768 g/mol. The van der Waals surface area contributed by atoms with Crippen LogP contribution in [0.1, 0.15) is 47.2 Å². The maximum Gasteiger partial charge on any atom is 0.159 e. The van der Waals surface area contributed by atoms with Gasteiger partial charge in [-0.25, -0.2) is 0 Å². The molecule has 9 aromatic carbocycles. The number of para-hydroxylation sites is 2. The molecule has 0 fully saturated rings. The van der Waals surface area contributed by atoms with Crippen molar-refractivity contribution in [3.8, 4) is 33.4 Å². The van der Waals surface area contributed by atoms with Crippen LogP contribution in [0.3, 0.4) is 0 Å². The Bertz CT molecular complexity index is 3250. The van der Waals surface area contributed by atoms with Crippen molar-refractivity contribution in [1.29, 1.82) is 0 Å². The van der Waals surface area contributed by atoms with Crippen LogP contribution in [0.4, 0.5) is 17.1 Å². The van der Waals surface area contributed by atoms with Crippen LogP contribution >= 0.6 is 0 Å². The van der Waals surface area contributed by atoms with Crippen molar-refractivity contribution in [1.82, 2.24) is 0 Å². The summed E-state index contributed by atoms with van der Waals surface area (Å²) in [6.07, 6.45) is 0. The summed E-state index contributed by atoms with van der Waals surface area (Å²) in [5.41, 5.74) is 19.7. The lowest BCUT2D eigenvalue weighted by Crippen LogP contribution is -2.41. The van der Waals surface area contributed by atoms with E-state index in [0.717, 1.165) is 39.0 Å². The molecular weight excluding hydrogens is 727 g/mol. The van der Waals surface area contributed by atoms with Gasteiger partial charge in [0, 0.05) is 27.6 Å². The summed E-state index contributed by atoms with van der Waals surface area (Å²) in [4.78, 5) is 2.36. The number of nitrogens with zero attached hydrogens (tertiary/aromatic N) is 1. The van der Waals surface area contributed by atoms with Crippen LogP contribution in [0.25, 0.3) is 55.3 Å². The number of furan rings is 1. The highest BCUT2D eigenvalue weighted by Gasteiger charge is 2.53. The van der Waals surface area contributed by atoms with Gasteiger partial charge in [-0.1, -0.05) is 190 Å². The van der Waals surface area contributed by atoms with E-state index < -0.39 is 5.41 Å². The van der Waals surface area contributed by atoms with Gasteiger partial charge in [-0.2, -0.15) is 0 Å². The smallest absolute Gasteiger partial charge is 0.159 e. The van der Waals surface area contributed by atoms with E-state index in [1.807, 2.05) is 6.07 Å². The number of hydrogen-bond acceptors (Lipinski definition) is 2. The molecule has 12 rings (SSSR count). The maximum absolute atomic E-state index is 6.72. The zero-order valence-electron chi connectivity index (χ0n) is 33.6. The third-order valence-corrected chi connectivity index (χ3v) is 13.3. The lowest BCUT2D eigenvalue weighted by molar-refractivity contribution is 0.565. The number of rotatable bonds is 5. The minimum atomic E-state index is -0.453. The third-order valence-electron chi connectivity index (χ3n) is 13.3. The van der Waals surface area contributed by atoms with Crippen LogP contribution in [0.2, 0.25) is 0 Å². The second-order valence-electron chi connectivity index (χ2n) is 16.8. The van der Waals surface area contributed by atoms with Gasteiger partial charge >= 0.3 is 0 Å². The number of fused-ring (bicyclic) bond motifs is 12. The number of benzene rings is 9. The second kappa shape index (κ2) is 13.0. The zero-order valence-corrected chi connectivity index (χ0v) is 33.6. The van der Waals surface area contributed by atoms with Crippen LogP contribution < -0.4 is 4.90 Å². The molecule has 2 aliphatic carbocycles. The van der Waals surface area contributed by atoms with Crippen molar-refractivity contribution in [3.05, 3.63) is 246 Å². The summed E-state index contributed by atoms with van der Waals surface area (Å²) < 4.78 is 6.72. The molecule has 0 atom stereocenters. The van der Waals surface area contributed by atoms with Gasteiger partial charge in [0.2, 0.25) is 0 Å². The molecule has 0 N–H and O–H groups in total. The molecule has 60 heavy (non-hydrogen) atoms. The number of hydrogen-bond donors (Lipinski definition) is 0. The standard InChI is InChI=1S/C58H41NO/c1-57(2)50-28-11-12-29-51(50)58(48-26-9-6-21-44(48)45-22-7-10-27-49(45)58)52-30-15-24-43(55(52)57)40-19-14-20-42(37-40)59(41-35-33-39(34-36-41)38-17-4-3-5-18-38)53-31-16-25-47-46-23-8-13-32-54(46)60-56(47)53/h3-37H,1-2H3. The molecule has 2 heteroatoms. The third kappa shape index (κ3) is 4.82. The maximum atomic E-state index is 6.72. The van der Waals surface area contributed by atoms with Gasteiger partial charge in [0.25, 0.3) is 0 Å². The van der Waals surface area contributed by atoms with Gasteiger partial charge in [0.1, 0.15) is 5.58 Å². The van der Waals surface area contributed by atoms with Crippen molar-refractivity contribution in [3.63, 3.8) is 0 Å². The van der Waals surface area contributed by atoms with E-state index in [1.165, 1.54) is 66.8 Å². The Labute approximate surface area is 350 Å². The van der Waals surface area contributed by atoms with Crippen LogP contribution in [0, 0.1) is 0 Å². The van der Waals surface area contributed by atoms with E-state index in [0.29, 0.717) is 0 Å². The predicted octanol–water partition coefficient (Wildman–Crippen LogP) is 15.4. The minimum absolute atomic E-state index is 0.289. The first-order valence-electron chi connectivity index (χ1n) is 20.9. The summed E-state index contributed by atoms with van der Waals surface area (Å²) in [5.74, 6) is 0. The summed E-state index contributed by atoms with van der Waals surface area (Å²) in [6, 6.07) is 77.8. The van der Waals surface area contributed by atoms with Gasteiger partial charge in [0.15, 0.2) is 5.58 Å². The summed E-state index contributed by atoms with van der Waals surface area (Å²) >= 11 is 0. The highest BCUT2D eigenvalue weighted by atomic mass is 16.3. The summed E-state index contributed by atoms with van der Waals surface area (Å²) in [7, 11) is 0. The molecule has 2 nitrogen and oxygen atoms in total. The van der Waals surface area contributed by atoms with Crippen LogP contribution in [-0.2, 0) is 10.8 Å². The van der Waals surface area contributed by atoms with Gasteiger partial charge < -0.3 is 9.32 Å². The fourth-order valence-electron chi connectivity index (χ4n) is 10.8. The molecule has 0 unspecified atom stereocenters. The van der Waals surface area contributed by atoms with E-state index in [4.69, 9.17) is 4.42 Å². The molecule has 1 spiro atoms. The average Bonchev–Trinajstić information content (AvgIpc) is 3.84. The Hall–Kier alpha value is -7.42. The van der Waals surface area contributed by atoms with Crippen molar-refractivity contribution in [2.24, 2.45) is 0 Å². The van der Waals surface area contributed by atoms with E-state index in [9.17, 15) is 0 Å². The minimum Gasteiger partial charge on any atom is -0.454 e. The molecule has 0 saturated carbocycles. The fraction of sp³-hybridized carbons (Fsp3) is 0.0690. The molecule has 2 aliphatic rings. The van der Waals surface area contributed by atoms with Crippen LogP contribution in [0.15, 0.2) is 217 Å². The van der Waals surface area contributed by atoms with Gasteiger partial charge in [-0.3, -0.25) is 0 Å². The molecule has 0 aliphatic heterocycles. The van der Waals surface area contributed by atoms with Crippen molar-refractivity contribution in [2.75, 3.05) is 4.90 Å². The van der Waals surface area contributed by atoms with E-state index in [1.54, 1.807) is 0 Å².